The standard InChI is InChI=1S/C10H11ClO.C2H6/c1-10(2,9(11)12)8-6-4-3-5-7-8;1-2/h3-7H,1-2H3;1-2H3. The molecule has 0 aliphatic heterocycles. The molecule has 1 rings (SSSR count). The summed E-state index contributed by atoms with van der Waals surface area (Å²) < 4.78 is 0. The summed E-state index contributed by atoms with van der Waals surface area (Å²) in [6.07, 6.45) is 0. The van der Waals surface area contributed by atoms with E-state index in [1.54, 1.807) is 0 Å². The quantitative estimate of drug-likeness (QED) is 0.683. The minimum atomic E-state index is -0.581. The first-order chi connectivity index (χ1) is 6.55. The highest BCUT2D eigenvalue weighted by atomic mass is 35.5. The molecule has 0 unspecified atom stereocenters. The SMILES string of the molecule is CC.CC(C)(C(=O)Cl)c1ccccc1. The zero-order valence-electron chi connectivity index (χ0n) is 9.17. The molecule has 0 saturated heterocycles. The van der Waals surface area contributed by atoms with Crippen molar-refractivity contribution in [2.45, 2.75) is 33.1 Å². The summed E-state index contributed by atoms with van der Waals surface area (Å²) in [5.41, 5.74) is 0.369. The van der Waals surface area contributed by atoms with E-state index in [1.165, 1.54) is 0 Å². The average Bonchev–Trinajstić information content (AvgIpc) is 2.22. The Morgan fingerprint density at radius 2 is 1.57 bits per heavy atom. The lowest BCUT2D eigenvalue weighted by molar-refractivity contribution is -0.115. The van der Waals surface area contributed by atoms with Gasteiger partial charge in [-0.3, -0.25) is 4.79 Å². The van der Waals surface area contributed by atoms with Gasteiger partial charge in [-0.1, -0.05) is 44.2 Å². The molecule has 0 N–H and O–H groups in total. The van der Waals surface area contributed by atoms with Crippen LogP contribution in [0, 0.1) is 0 Å². The Hall–Kier alpha value is -0.820. The van der Waals surface area contributed by atoms with E-state index in [0.29, 0.717) is 0 Å². The average molecular weight is 213 g/mol. The second kappa shape index (κ2) is 5.82. The maximum absolute atomic E-state index is 11.0. The van der Waals surface area contributed by atoms with E-state index in [4.69, 9.17) is 11.6 Å². The zero-order chi connectivity index (χ0) is 11.2. The van der Waals surface area contributed by atoms with Gasteiger partial charge in [0.15, 0.2) is 0 Å². The van der Waals surface area contributed by atoms with Crippen LogP contribution in [0.5, 0.6) is 0 Å². The van der Waals surface area contributed by atoms with Crippen LogP contribution in [0.15, 0.2) is 30.3 Å². The molecule has 0 aliphatic carbocycles. The van der Waals surface area contributed by atoms with Crippen molar-refractivity contribution in [2.24, 2.45) is 0 Å². The Bertz CT molecular complexity index is 278. The summed E-state index contributed by atoms with van der Waals surface area (Å²) in [6, 6.07) is 9.52. The van der Waals surface area contributed by atoms with Crippen LogP contribution in [-0.2, 0) is 10.2 Å². The lowest BCUT2D eigenvalue weighted by atomic mass is 9.86. The van der Waals surface area contributed by atoms with Gasteiger partial charge >= 0.3 is 0 Å². The van der Waals surface area contributed by atoms with Crippen LogP contribution in [0.1, 0.15) is 33.3 Å². The smallest absolute Gasteiger partial charge is 0.231 e. The minimum absolute atomic E-state index is 0.325. The third-order valence-corrected chi connectivity index (χ3v) is 2.46. The molecule has 1 aromatic carbocycles. The summed E-state index contributed by atoms with van der Waals surface area (Å²) in [7, 11) is 0. The monoisotopic (exact) mass is 212 g/mol. The number of rotatable bonds is 2. The molecule has 1 nitrogen and oxygen atoms in total. The number of carbonyl (C=O) groups excluding carboxylic acids is 1. The van der Waals surface area contributed by atoms with Gasteiger partial charge in [-0.15, -0.1) is 0 Å². The predicted molar refractivity (Wildman–Crippen MR) is 61.7 cm³/mol. The lowest BCUT2D eigenvalue weighted by Crippen LogP contribution is -2.24. The number of carbonyl (C=O) groups is 1. The van der Waals surface area contributed by atoms with Crippen molar-refractivity contribution in [3.05, 3.63) is 35.9 Å². The molecule has 0 saturated carbocycles. The Balaban J connectivity index is 0.000000791. The highest BCUT2D eigenvalue weighted by molar-refractivity contribution is 6.65. The number of hydrogen-bond donors (Lipinski definition) is 0. The van der Waals surface area contributed by atoms with E-state index >= 15 is 0 Å². The van der Waals surface area contributed by atoms with Gasteiger partial charge < -0.3 is 0 Å². The van der Waals surface area contributed by atoms with Gasteiger partial charge in [-0.05, 0) is 31.0 Å². The predicted octanol–water partition coefficient (Wildman–Crippen LogP) is 3.76. The highest BCUT2D eigenvalue weighted by Gasteiger charge is 2.27. The molecule has 0 radical (unpaired) electrons. The molecule has 0 bridgehead atoms. The molecule has 14 heavy (non-hydrogen) atoms. The maximum atomic E-state index is 11.0. The molecule has 0 aliphatic rings. The fraction of sp³-hybridized carbons (Fsp3) is 0.417. The Kier molecular flexibility index (Phi) is 5.47. The molecule has 0 aromatic heterocycles. The second-order valence-corrected chi connectivity index (χ2v) is 3.61. The molecular formula is C12H17ClO. The summed E-state index contributed by atoms with van der Waals surface area (Å²) in [6.45, 7) is 7.63. The molecule has 78 valence electrons. The van der Waals surface area contributed by atoms with E-state index in [1.807, 2.05) is 58.0 Å². The largest absolute Gasteiger partial charge is 0.280 e. The Morgan fingerprint density at radius 3 is 1.93 bits per heavy atom. The van der Waals surface area contributed by atoms with Crippen molar-refractivity contribution in [2.75, 3.05) is 0 Å². The number of hydrogen-bond acceptors (Lipinski definition) is 1. The van der Waals surface area contributed by atoms with Crippen LogP contribution >= 0.6 is 11.6 Å². The van der Waals surface area contributed by atoms with Gasteiger partial charge in [0.1, 0.15) is 0 Å². The normalized spacial score (nSPS) is 10.1. The van der Waals surface area contributed by atoms with Crippen LogP contribution in [0.3, 0.4) is 0 Å². The highest BCUT2D eigenvalue weighted by Crippen LogP contribution is 2.25. The molecule has 0 atom stereocenters. The molecular weight excluding hydrogens is 196 g/mol. The van der Waals surface area contributed by atoms with Gasteiger partial charge in [-0.25, -0.2) is 0 Å². The fourth-order valence-electron chi connectivity index (χ4n) is 0.968. The molecule has 0 fully saturated rings. The van der Waals surface area contributed by atoms with Crippen LogP contribution in [0.25, 0.3) is 0 Å². The van der Waals surface area contributed by atoms with Crippen LogP contribution in [-0.4, -0.2) is 5.24 Å². The van der Waals surface area contributed by atoms with Crippen LogP contribution in [0.2, 0.25) is 0 Å². The summed E-state index contributed by atoms with van der Waals surface area (Å²) in [5, 5.41) is -0.325. The van der Waals surface area contributed by atoms with E-state index in [9.17, 15) is 4.79 Å². The van der Waals surface area contributed by atoms with Gasteiger partial charge in [0.05, 0.1) is 5.41 Å². The summed E-state index contributed by atoms with van der Waals surface area (Å²) in [5.74, 6) is 0. The first-order valence-electron chi connectivity index (χ1n) is 4.80. The van der Waals surface area contributed by atoms with Crippen molar-refractivity contribution in [1.29, 1.82) is 0 Å². The third-order valence-electron chi connectivity index (χ3n) is 1.99. The van der Waals surface area contributed by atoms with Gasteiger partial charge in [0, 0.05) is 0 Å². The van der Waals surface area contributed by atoms with E-state index in [2.05, 4.69) is 0 Å². The molecule has 0 heterocycles. The summed E-state index contributed by atoms with van der Waals surface area (Å²) >= 11 is 5.47. The van der Waals surface area contributed by atoms with Crippen molar-refractivity contribution < 1.29 is 4.79 Å². The van der Waals surface area contributed by atoms with Crippen molar-refractivity contribution in [1.82, 2.24) is 0 Å². The van der Waals surface area contributed by atoms with E-state index in [-0.39, 0.29) is 5.24 Å². The third kappa shape index (κ3) is 3.15. The van der Waals surface area contributed by atoms with E-state index < -0.39 is 5.41 Å². The second-order valence-electron chi connectivity index (χ2n) is 3.26. The first-order valence-corrected chi connectivity index (χ1v) is 5.18. The molecule has 2 heteroatoms. The van der Waals surface area contributed by atoms with Crippen molar-refractivity contribution >= 4 is 16.8 Å². The first kappa shape index (κ1) is 13.2. The van der Waals surface area contributed by atoms with Crippen molar-refractivity contribution in [3.8, 4) is 0 Å². The molecule has 1 aromatic rings. The van der Waals surface area contributed by atoms with E-state index in [0.717, 1.165) is 5.56 Å². The number of benzene rings is 1. The summed E-state index contributed by atoms with van der Waals surface area (Å²) in [4.78, 5) is 11.0. The Morgan fingerprint density at radius 1 is 1.14 bits per heavy atom. The topological polar surface area (TPSA) is 17.1 Å². The van der Waals surface area contributed by atoms with Crippen molar-refractivity contribution in [3.63, 3.8) is 0 Å². The lowest BCUT2D eigenvalue weighted by Gasteiger charge is -2.19. The van der Waals surface area contributed by atoms with Gasteiger partial charge in [0.25, 0.3) is 0 Å². The number of halogens is 1. The van der Waals surface area contributed by atoms with Crippen LogP contribution < -0.4 is 0 Å². The fourth-order valence-corrected chi connectivity index (χ4v) is 1.08. The molecule has 0 spiro atoms. The Labute approximate surface area is 91.1 Å². The van der Waals surface area contributed by atoms with Gasteiger partial charge in [-0.2, -0.15) is 0 Å². The zero-order valence-corrected chi connectivity index (χ0v) is 9.93. The van der Waals surface area contributed by atoms with Gasteiger partial charge in [0.2, 0.25) is 5.24 Å². The maximum Gasteiger partial charge on any atom is 0.231 e. The molecule has 0 amide bonds. The minimum Gasteiger partial charge on any atom is -0.280 e. The van der Waals surface area contributed by atoms with Crippen LogP contribution in [0.4, 0.5) is 0 Å².